The number of aryl methyl sites for hydroxylation is 1. The van der Waals surface area contributed by atoms with Gasteiger partial charge in [-0.25, -0.2) is 4.98 Å². The van der Waals surface area contributed by atoms with Crippen LogP contribution in [0, 0.1) is 6.92 Å². The highest BCUT2D eigenvalue weighted by atomic mass is 32.1. The third-order valence-corrected chi connectivity index (χ3v) is 7.77. The molecule has 10 nitrogen and oxygen atoms in total. The van der Waals surface area contributed by atoms with Crippen LogP contribution < -0.4 is 23.8 Å². The molecule has 1 fully saturated rings. The lowest BCUT2D eigenvalue weighted by molar-refractivity contribution is -0.132. The summed E-state index contributed by atoms with van der Waals surface area (Å²) in [6, 6.07) is 8.73. The second-order valence-electron chi connectivity index (χ2n) is 9.23. The van der Waals surface area contributed by atoms with Crippen LogP contribution >= 0.6 is 11.3 Å². The van der Waals surface area contributed by atoms with Crippen molar-refractivity contribution in [1.82, 2.24) is 4.98 Å². The number of anilines is 1. The standard InChI is InChI=1S/C30H28N2O8S/c1-5-11-38-20-9-7-18(14-22(20)37-6-2)25-24(26(34)19-8-10-21-23(15-19)40-13-12-39-21)27(35)29(36)32(25)30-31-16(3)28(41-30)17(4)33/h5,7-10,14-15,25,34H,1,6,11-13H2,2-4H3/t25-/m0/s1. The van der Waals surface area contributed by atoms with E-state index in [9.17, 15) is 19.5 Å². The molecule has 2 aliphatic heterocycles. The Hall–Kier alpha value is -4.64. The molecule has 212 valence electrons. The van der Waals surface area contributed by atoms with Gasteiger partial charge in [0.2, 0.25) is 0 Å². The van der Waals surface area contributed by atoms with Crippen LogP contribution in [0.25, 0.3) is 5.76 Å². The highest BCUT2D eigenvalue weighted by molar-refractivity contribution is 7.18. The van der Waals surface area contributed by atoms with Gasteiger partial charge in [0.15, 0.2) is 33.9 Å². The molecule has 11 heteroatoms. The van der Waals surface area contributed by atoms with Gasteiger partial charge in [0.1, 0.15) is 25.6 Å². The summed E-state index contributed by atoms with van der Waals surface area (Å²) in [4.78, 5) is 45.4. The largest absolute Gasteiger partial charge is 0.507 e. The van der Waals surface area contributed by atoms with E-state index in [1.54, 1.807) is 49.4 Å². The summed E-state index contributed by atoms with van der Waals surface area (Å²) in [7, 11) is 0. The lowest BCUT2D eigenvalue weighted by Crippen LogP contribution is -2.29. The summed E-state index contributed by atoms with van der Waals surface area (Å²) in [5.41, 5.74) is 1.03. The van der Waals surface area contributed by atoms with Crippen LogP contribution in [-0.2, 0) is 9.59 Å². The summed E-state index contributed by atoms with van der Waals surface area (Å²) in [6.07, 6.45) is 1.60. The number of aromatic nitrogens is 1. The normalized spacial score (nSPS) is 17.4. The summed E-state index contributed by atoms with van der Waals surface area (Å²) in [5, 5.41) is 11.7. The van der Waals surface area contributed by atoms with E-state index in [1.807, 2.05) is 6.92 Å². The molecular formula is C30H28N2O8S. The quantitative estimate of drug-likeness (QED) is 0.123. The third kappa shape index (κ3) is 5.16. The van der Waals surface area contributed by atoms with Gasteiger partial charge in [-0.3, -0.25) is 19.3 Å². The molecule has 2 aliphatic rings. The van der Waals surface area contributed by atoms with Gasteiger partial charge in [-0.1, -0.05) is 30.1 Å². The van der Waals surface area contributed by atoms with Gasteiger partial charge in [0.25, 0.3) is 5.78 Å². The number of rotatable bonds is 9. The lowest BCUT2D eigenvalue weighted by Gasteiger charge is -2.24. The van der Waals surface area contributed by atoms with Crippen molar-refractivity contribution in [3.05, 3.63) is 76.3 Å². The molecule has 0 unspecified atom stereocenters. The minimum absolute atomic E-state index is 0.147. The van der Waals surface area contributed by atoms with Crippen LogP contribution in [0.3, 0.4) is 0 Å². The third-order valence-electron chi connectivity index (χ3n) is 6.51. The van der Waals surface area contributed by atoms with Gasteiger partial charge in [-0.05, 0) is 49.7 Å². The van der Waals surface area contributed by atoms with Gasteiger partial charge < -0.3 is 24.1 Å². The number of nitrogens with zero attached hydrogens (tertiary/aromatic N) is 2. The first-order chi connectivity index (χ1) is 19.7. The molecule has 0 radical (unpaired) electrons. The summed E-state index contributed by atoms with van der Waals surface area (Å²) in [6.45, 7) is 9.87. The number of hydrogen-bond acceptors (Lipinski definition) is 10. The van der Waals surface area contributed by atoms with Gasteiger partial charge in [-0.15, -0.1) is 0 Å². The predicted molar refractivity (Wildman–Crippen MR) is 152 cm³/mol. The Bertz CT molecular complexity index is 1590. The van der Waals surface area contributed by atoms with E-state index in [2.05, 4.69) is 11.6 Å². The van der Waals surface area contributed by atoms with Gasteiger partial charge in [0.05, 0.1) is 28.8 Å². The average molecular weight is 577 g/mol. The molecule has 5 rings (SSSR count). The van der Waals surface area contributed by atoms with Crippen LogP contribution in [0.15, 0.2) is 54.6 Å². The zero-order valence-electron chi connectivity index (χ0n) is 22.8. The summed E-state index contributed by atoms with van der Waals surface area (Å²) in [5.74, 6) is -0.630. The zero-order valence-corrected chi connectivity index (χ0v) is 23.6. The van der Waals surface area contributed by atoms with Crippen molar-refractivity contribution in [2.75, 3.05) is 31.3 Å². The molecule has 0 aliphatic carbocycles. The van der Waals surface area contributed by atoms with Crippen molar-refractivity contribution < 1.29 is 38.4 Å². The number of Topliss-reactive ketones (excluding diaryl/α,β-unsaturated/α-hetero) is 2. The number of ketones is 2. The SMILES string of the molecule is C=CCOc1ccc([C@H]2C(=C(O)c3ccc4c(c3)OCCO4)C(=O)C(=O)N2c2nc(C)c(C(C)=O)s2)cc1OCC. The van der Waals surface area contributed by atoms with Crippen LogP contribution in [0.4, 0.5) is 5.13 Å². The van der Waals surface area contributed by atoms with E-state index in [0.29, 0.717) is 59.0 Å². The molecule has 41 heavy (non-hydrogen) atoms. The number of aliphatic hydroxyl groups is 1. The number of benzene rings is 2. The highest BCUT2D eigenvalue weighted by Gasteiger charge is 2.48. The maximum Gasteiger partial charge on any atom is 0.301 e. The second-order valence-corrected chi connectivity index (χ2v) is 10.2. The fourth-order valence-electron chi connectivity index (χ4n) is 4.73. The first-order valence-corrected chi connectivity index (χ1v) is 13.8. The van der Waals surface area contributed by atoms with E-state index in [0.717, 1.165) is 11.3 Å². The molecule has 2 aromatic carbocycles. The number of thiazole rings is 1. The number of carbonyl (C=O) groups excluding carboxylic acids is 3. The topological polar surface area (TPSA) is 124 Å². The Labute approximate surface area is 240 Å². The fraction of sp³-hybridized carbons (Fsp3) is 0.267. The maximum absolute atomic E-state index is 13.6. The van der Waals surface area contributed by atoms with E-state index in [-0.39, 0.29) is 28.7 Å². The van der Waals surface area contributed by atoms with Crippen molar-refractivity contribution in [3.63, 3.8) is 0 Å². The Kier molecular flexibility index (Phi) is 7.80. The van der Waals surface area contributed by atoms with Crippen molar-refractivity contribution in [2.24, 2.45) is 0 Å². The minimum atomic E-state index is -1.08. The number of amides is 1. The second kappa shape index (κ2) is 11.5. The summed E-state index contributed by atoms with van der Waals surface area (Å²) >= 11 is 1.01. The lowest BCUT2D eigenvalue weighted by atomic mass is 9.95. The Morgan fingerprint density at radius 3 is 2.59 bits per heavy atom. The van der Waals surface area contributed by atoms with Gasteiger partial charge in [0, 0.05) is 12.5 Å². The Balaban J connectivity index is 1.70. The predicted octanol–water partition coefficient (Wildman–Crippen LogP) is 5.02. The monoisotopic (exact) mass is 576 g/mol. The molecule has 0 bridgehead atoms. The number of fused-ring (bicyclic) bond motifs is 1. The molecule has 1 saturated heterocycles. The maximum atomic E-state index is 13.6. The molecular weight excluding hydrogens is 548 g/mol. The van der Waals surface area contributed by atoms with Crippen LogP contribution in [-0.4, -0.2) is 54.0 Å². The van der Waals surface area contributed by atoms with Crippen molar-refractivity contribution in [1.29, 1.82) is 0 Å². The van der Waals surface area contributed by atoms with Crippen molar-refractivity contribution in [2.45, 2.75) is 26.8 Å². The molecule has 1 amide bonds. The van der Waals surface area contributed by atoms with Crippen LogP contribution in [0.2, 0.25) is 0 Å². The smallest absolute Gasteiger partial charge is 0.301 e. The fourth-order valence-corrected chi connectivity index (χ4v) is 5.72. The molecule has 1 N–H and O–H groups in total. The summed E-state index contributed by atoms with van der Waals surface area (Å²) < 4.78 is 22.8. The minimum Gasteiger partial charge on any atom is -0.507 e. The zero-order chi connectivity index (χ0) is 29.3. The van der Waals surface area contributed by atoms with E-state index in [4.69, 9.17) is 18.9 Å². The number of carbonyl (C=O) groups is 3. The Morgan fingerprint density at radius 1 is 1.15 bits per heavy atom. The van der Waals surface area contributed by atoms with E-state index >= 15 is 0 Å². The molecule has 3 aromatic rings. The molecule has 1 atom stereocenters. The molecule has 0 saturated carbocycles. The van der Waals surface area contributed by atoms with Gasteiger partial charge >= 0.3 is 5.91 Å². The first kappa shape index (κ1) is 27.9. The molecule has 0 spiro atoms. The van der Waals surface area contributed by atoms with Crippen LogP contribution in [0.5, 0.6) is 23.0 Å². The van der Waals surface area contributed by atoms with Gasteiger partial charge in [-0.2, -0.15) is 0 Å². The van der Waals surface area contributed by atoms with Crippen molar-refractivity contribution in [3.8, 4) is 23.0 Å². The highest BCUT2D eigenvalue weighted by Crippen LogP contribution is 2.46. The number of ether oxygens (including phenoxy) is 4. The number of aliphatic hydroxyl groups excluding tert-OH is 1. The van der Waals surface area contributed by atoms with Crippen LogP contribution in [0.1, 0.15) is 46.4 Å². The molecule has 3 heterocycles. The van der Waals surface area contributed by atoms with E-state index < -0.39 is 23.5 Å². The van der Waals surface area contributed by atoms with E-state index in [1.165, 1.54) is 11.8 Å². The van der Waals surface area contributed by atoms with Crippen molar-refractivity contribution >= 4 is 39.7 Å². The first-order valence-electron chi connectivity index (χ1n) is 12.9. The number of hydrogen-bond donors (Lipinski definition) is 1. The Morgan fingerprint density at radius 2 is 1.90 bits per heavy atom. The molecule has 1 aromatic heterocycles. The average Bonchev–Trinajstić information content (AvgIpc) is 3.48.